The van der Waals surface area contributed by atoms with E-state index in [0.717, 1.165) is 37.6 Å². The number of ether oxygens (including phenoxy) is 1. The largest absolute Gasteiger partial charge is 0.378 e. The predicted octanol–water partition coefficient (Wildman–Crippen LogP) is 1.85. The lowest BCUT2D eigenvalue weighted by Crippen LogP contribution is -2.36. The Morgan fingerprint density at radius 2 is 1.95 bits per heavy atom. The number of morpholine rings is 1. The Morgan fingerprint density at radius 3 is 2.73 bits per heavy atom. The van der Waals surface area contributed by atoms with Crippen molar-refractivity contribution in [2.75, 3.05) is 31.2 Å². The van der Waals surface area contributed by atoms with Crippen LogP contribution in [-0.2, 0) is 11.3 Å². The van der Waals surface area contributed by atoms with E-state index in [0.29, 0.717) is 12.2 Å². The quantitative estimate of drug-likeness (QED) is 0.936. The highest BCUT2D eigenvalue weighted by atomic mass is 16.5. The van der Waals surface area contributed by atoms with Gasteiger partial charge in [-0.2, -0.15) is 0 Å². The maximum Gasteiger partial charge on any atom is 0.270 e. The van der Waals surface area contributed by atoms with E-state index in [1.165, 1.54) is 0 Å². The molecule has 0 saturated carbocycles. The van der Waals surface area contributed by atoms with Gasteiger partial charge in [-0.05, 0) is 17.7 Å². The molecule has 2 aromatic rings. The molecule has 1 saturated heterocycles. The zero-order chi connectivity index (χ0) is 15.2. The molecule has 1 N–H and O–H groups in total. The van der Waals surface area contributed by atoms with E-state index >= 15 is 0 Å². The summed E-state index contributed by atoms with van der Waals surface area (Å²) in [5.74, 6) is -0.154. The van der Waals surface area contributed by atoms with Gasteiger partial charge in [-0.15, -0.1) is 0 Å². The van der Waals surface area contributed by atoms with Gasteiger partial charge in [-0.3, -0.25) is 9.78 Å². The van der Waals surface area contributed by atoms with Crippen LogP contribution in [0.25, 0.3) is 0 Å². The van der Waals surface area contributed by atoms with Crippen LogP contribution in [0.3, 0.4) is 0 Å². The smallest absolute Gasteiger partial charge is 0.270 e. The summed E-state index contributed by atoms with van der Waals surface area (Å²) in [6.07, 6.45) is 1.68. The molecule has 0 spiro atoms. The van der Waals surface area contributed by atoms with Crippen LogP contribution in [0.2, 0.25) is 0 Å². The van der Waals surface area contributed by atoms with Crippen LogP contribution in [0.4, 0.5) is 5.69 Å². The van der Waals surface area contributed by atoms with Gasteiger partial charge in [0.25, 0.3) is 5.91 Å². The van der Waals surface area contributed by atoms with Crippen molar-refractivity contribution in [2.24, 2.45) is 0 Å². The second-order valence-corrected chi connectivity index (χ2v) is 5.17. The van der Waals surface area contributed by atoms with Gasteiger partial charge in [0.1, 0.15) is 5.69 Å². The minimum Gasteiger partial charge on any atom is -0.378 e. The molecule has 1 aromatic carbocycles. The molecule has 1 aromatic heterocycles. The molecule has 1 aliphatic rings. The van der Waals surface area contributed by atoms with Gasteiger partial charge < -0.3 is 15.0 Å². The third-order valence-electron chi connectivity index (χ3n) is 3.65. The molecular weight excluding hydrogens is 278 g/mol. The lowest BCUT2D eigenvalue weighted by atomic mass is 10.2. The fourth-order valence-electron chi connectivity index (χ4n) is 2.43. The van der Waals surface area contributed by atoms with Crippen molar-refractivity contribution in [3.05, 3.63) is 59.9 Å². The number of benzene rings is 1. The van der Waals surface area contributed by atoms with Gasteiger partial charge >= 0.3 is 0 Å². The molecule has 5 heteroatoms. The van der Waals surface area contributed by atoms with Gasteiger partial charge in [0.05, 0.1) is 13.2 Å². The summed E-state index contributed by atoms with van der Waals surface area (Å²) in [7, 11) is 0. The molecule has 1 aliphatic heterocycles. The summed E-state index contributed by atoms with van der Waals surface area (Å²) in [6, 6.07) is 13.6. The van der Waals surface area contributed by atoms with Crippen molar-refractivity contribution in [1.29, 1.82) is 0 Å². The first-order valence-electron chi connectivity index (χ1n) is 7.44. The highest BCUT2D eigenvalue weighted by Crippen LogP contribution is 2.16. The summed E-state index contributed by atoms with van der Waals surface area (Å²) >= 11 is 0. The molecule has 0 aliphatic carbocycles. The second-order valence-electron chi connectivity index (χ2n) is 5.17. The molecule has 0 bridgehead atoms. The summed E-state index contributed by atoms with van der Waals surface area (Å²) in [5.41, 5.74) is 2.53. The van der Waals surface area contributed by atoms with E-state index in [1.807, 2.05) is 42.5 Å². The topological polar surface area (TPSA) is 54.5 Å². The van der Waals surface area contributed by atoms with E-state index in [1.54, 1.807) is 6.20 Å². The molecule has 1 fully saturated rings. The van der Waals surface area contributed by atoms with Crippen LogP contribution >= 0.6 is 0 Å². The summed E-state index contributed by atoms with van der Waals surface area (Å²) in [4.78, 5) is 18.6. The van der Waals surface area contributed by atoms with E-state index in [4.69, 9.17) is 4.74 Å². The first-order chi connectivity index (χ1) is 10.8. The minimum absolute atomic E-state index is 0.154. The van der Waals surface area contributed by atoms with Crippen LogP contribution < -0.4 is 10.2 Å². The molecule has 0 atom stereocenters. The average molecular weight is 297 g/mol. The van der Waals surface area contributed by atoms with E-state index in [2.05, 4.69) is 15.2 Å². The van der Waals surface area contributed by atoms with Crippen LogP contribution in [-0.4, -0.2) is 37.2 Å². The molecule has 0 unspecified atom stereocenters. The molecule has 2 heterocycles. The zero-order valence-electron chi connectivity index (χ0n) is 12.4. The summed E-state index contributed by atoms with van der Waals surface area (Å²) < 4.78 is 5.35. The normalized spacial score (nSPS) is 14.6. The van der Waals surface area contributed by atoms with Gasteiger partial charge in [0.15, 0.2) is 0 Å². The molecule has 0 radical (unpaired) electrons. The highest BCUT2D eigenvalue weighted by molar-refractivity contribution is 5.93. The number of hydrogen-bond donors (Lipinski definition) is 1. The van der Waals surface area contributed by atoms with Gasteiger partial charge in [-0.25, -0.2) is 0 Å². The number of hydrogen-bond acceptors (Lipinski definition) is 4. The number of pyridine rings is 1. The van der Waals surface area contributed by atoms with E-state index in [9.17, 15) is 4.79 Å². The number of nitrogens with zero attached hydrogens (tertiary/aromatic N) is 2. The average Bonchev–Trinajstić information content (AvgIpc) is 2.61. The number of nitrogens with one attached hydrogen (secondary N) is 1. The van der Waals surface area contributed by atoms with Crippen molar-refractivity contribution >= 4 is 11.6 Å². The van der Waals surface area contributed by atoms with Crippen LogP contribution in [0.15, 0.2) is 48.7 Å². The third-order valence-corrected chi connectivity index (χ3v) is 3.65. The van der Waals surface area contributed by atoms with Gasteiger partial charge in [0.2, 0.25) is 0 Å². The Bertz CT molecular complexity index is 625. The van der Waals surface area contributed by atoms with Crippen molar-refractivity contribution in [1.82, 2.24) is 10.3 Å². The lowest BCUT2D eigenvalue weighted by Gasteiger charge is -2.28. The fourth-order valence-corrected chi connectivity index (χ4v) is 2.43. The monoisotopic (exact) mass is 297 g/mol. The number of rotatable bonds is 4. The highest BCUT2D eigenvalue weighted by Gasteiger charge is 2.14. The summed E-state index contributed by atoms with van der Waals surface area (Å²) in [5, 5.41) is 2.90. The van der Waals surface area contributed by atoms with E-state index in [-0.39, 0.29) is 5.91 Å². The number of carbonyl (C=O) groups excluding carboxylic acids is 1. The first kappa shape index (κ1) is 14.5. The Kier molecular flexibility index (Phi) is 4.65. The maximum atomic E-state index is 12.2. The van der Waals surface area contributed by atoms with Crippen molar-refractivity contribution in [2.45, 2.75) is 6.54 Å². The Morgan fingerprint density at radius 1 is 1.18 bits per heavy atom. The minimum atomic E-state index is -0.154. The zero-order valence-corrected chi connectivity index (χ0v) is 12.4. The SMILES string of the molecule is O=C(NCc1ccccc1)c1cc(N2CCOCC2)ccn1. The number of carbonyl (C=O) groups is 1. The third kappa shape index (κ3) is 3.62. The Balaban J connectivity index is 1.64. The van der Waals surface area contributed by atoms with Crippen LogP contribution in [0.1, 0.15) is 16.1 Å². The molecule has 3 rings (SSSR count). The molecule has 22 heavy (non-hydrogen) atoms. The standard InChI is InChI=1S/C17H19N3O2/c21-17(19-13-14-4-2-1-3-5-14)16-12-15(6-7-18-16)20-8-10-22-11-9-20/h1-7,12H,8-11,13H2,(H,19,21). The van der Waals surface area contributed by atoms with Crippen molar-refractivity contribution in [3.63, 3.8) is 0 Å². The van der Waals surface area contributed by atoms with E-state index < -0.39 is 0 Å². The molecule has 114 valence electrons. The molecule has 5 nitrogen and oxygen atoms in total. The second kappa shape index (κ2) is 7.04. The number of amides is 1. The Labute approximate surface area is 129 Å². The maximum absolute atomic E-state index is 12.2. The van der Waals surface area contributed by atoms with Crippen molar-refractivity contribution < 1.29 is 9.53 Å². The lowest BCUT2D eigenvalue weighted by molar-refractivity contribution is 0.0946. The van der Waals surface area contributed by atoms with Gasteiger partial charge in [0, 0.05) is 31.5 Å². The molecule has 1 amide bonds. The Hall–Kier alpha value is -2.40. The van der Waals surface area contributed by atoms with Crippen molar-refractivity contribution in [3.8, 4) is 0 Å². The number of anilines is 1. The molecular formula is C17H19N3O2. The van der Waals surface area contributed by atoms with Gasteiger partial charge in [-0.1, -0.05) is 30.3 Å². The fraction of sp³-hybridized carbons (Fsp3) is 0.294. The summed E-state index contributed by atoms with van der Waals surface area (Å²) in [6.45, 7) is 3.63. The predicted molar refractivity (Wildman–Crippen MR) is 84.9 cm³/mol. The van der Waals surface area contributed by atoms with Crippen LogP contribution in [0.5, 0.6) is 0 Å². The first-order valence-corrected chi connectivity index (χ1v) is 7.44. The number of aromatic nitrogens is 1. The van der Waals surface area contributed by atoms with Crippen LogP contribution in [0, 0.1) is 0 Å².